The van der Waals surface area contributed by atoms with E-state index in [0.717, 1.165) is 0 Å². The van der Waals surface area contributed by atoms with Crippen molar-refractivity contribution in [3.8, 4) is 0 Å². The largest absolute Gasteiger partial charge is 0.0761 e. The van der Waals surface area contributed by atoms with Crippen molar-refractivity contribution in [1.29, 1.82) is 0 Å². The highest BCUT2D eigenvalue weighted by atomic mass is 14.1. The predicted molar refractivity (Wildman–Crippen MR) is 126 cm³/mol. The molecule has 0 heterocycles. The van der Waals surface area contributed by atoms with Crippen LogP contribution in [0.4, 0.5) is 0 Å². The van der Waals surface area contributed by atoms with Gasteiger partial charge in [0.15, 0.2) is 0 Å². The van der Waals surface area contributed by atoms with Gasteiger partial charge in [-0.15, -0.1) is 0 Å². The van der Waals surface area contributed by atoms with Crippen LogP contribution < -0.4 is 0 Å². The standard InChI is InChI=1S/C28H40/c1-2-3-4-5-6-7-8-9-10-11-12-13-20-25-28(26-21-16-14-17-22-26)27-23-18-15-19-24-27/h14-19,21-25H,2-13,20H2,1H3. The van der Waals surface area contributed by atoms with E-state index >= 15 is 0 Å². The van der Waals surface area contributed by atoms with Crippen LogP contribution in [0.15, 0.2) is 66.7 Å². The zero-order chi connectivity index (χ0) is 19.7. The van der Waals surface area contributed by atoms with Crippen LogP contribution in [0.5, 0.6) is 0 Å². The molecule has 0 N–H and O–H groups in total. The van der Waals surface area contributed by atoms with Gasteiger partial charge in [0.05, 0.1) is 0 Å². The number of allylic oxidation sites excluding steroid dienone is 1. The van der Waals surface area contributed by atoms with Crippen molar-refractivity contribution in [2.75, 3.05) is 0 Å². The molecule has 0 heteroatoms. The lowest BCUT2D eigenvalue weighted by Gasteiger charge is -2.09. The first-order valence-corrected chi connectivity index (χ1v) is 11.7. The van der Waals surface area contributed by atoms with Gasteiger partial charge in [0.1, 0.15) is 0 Å². The second kappa shape index (κ2) is 15.1. The average Bonchev–Trinajstić information content (AvgIpc) is 2.75. The number of hydrogen-bond acceptors (Lipinski definition) is 0. The Morgan fingerprint density at radius 1 is 0.536 bits per heavy atom. The van der Waals surface area contributed by atoms with E-state index in [0.29, 0.717) is 0 Å². The highest BCUT2D eigenvalue weighted by Crippen LogP contribution is 2.24. The minimum atomic E-state index is 1.18. The molecule has 0 aromatic heterocycles. The maximum atomic E-state index is 2.45. The fourth-order valence-electron chi connectivity index (χ4n) is 3.87. The Hall–Kier alpha value is -1.82. The zero-order valence-electron chi connectivity index (χ0n) is 18.0. The highest BCUT2D eigenvalue weighted by molar-refractivity contribution is 5.79. The van der Waals surface area contributed by atoms with Gasteiger partial charge in [0.25, 0.3) is 0 Å². The molecule has 28 heavy (non-hydrogen) atoms. The second-order valence-corrected chi connectivity index (χ2v) is 8.03. The molecule has 0 saturated carbocycles. The van der Waals surface area contributed by atoms with Gasteiger partial charge < -0.3 is 0 Å². The van der Waals surface area contributed by atoms with Crippen LogP contribution in [-0.4, -0.2) is 0 Å². The van der Waals surface area contributed by atoms with E-state index in [-0.39, 0.29) is 0 Å². The molecule has 0 aliphatic heterocycles. The van der Waals surface area contributed by atoms with Crippen LogP contribution in [0, 0.1) is 0 Å². The van der Waals surface area contributed by atoms with Crippen molar-refractivity contribution in [2.45, 2.75) is 90.4 Å². The fourth-order valence-corrected chi connectivity index (χ4v) is 3.87. The van der Waals surface area contributed by atoms with Crippen molar-refractivity contribution in [2.24, 2.45) is 0 Å². The Bertz CT molecular complexity index is 582. The Morgan fingerprint density at radius 3 is 1.36 bits per heavy atom. The maximum absolute atomic E-state index is 2.45. The van der Waals surface area contributed by atoms with Crippen molar-refractivity contribution in [1.82, 2.24) is 0 Å². The van der Waals surface area contributed by atoms with E-state index in [2.05, 4.69) is 73.7 Å². The van der Waals surface area contributed by atoms with Crippen LogP contribution in [0.25, 0.3) is 5.57 Å². The molecule has 0 spiro atoms. The van der Waals surface area contributed by atoms with Gasteiger partial charge in [-0.25, -0.2) is 0 Å². The van der Waals surface area contributed by atoms with Gasteiger partial charge in [-0.1, -0.05) is 144 Å². The van der Waals surface area contributed by atoms with E-state index in [9.17, 15) is 0 Å². The molecule has 152 valence electrons. The lowest BCUT2D eigenvalue weighted by molar-refractivity contribution is 0.545. The summed E-state index contributed by atoms with van der Waals surface area (Å²) in [5.41, 5.74) is 4.03. The Morgan fingerprint density at radius 2 is 0.929 bits per heavy atom. The molecule has 0 bridgehead atoms. The quantitative estimate of drug-likeness (QED) is 0.272. The summed E-state index contributed by atoms with van der Waals surface area (Å²) >= 11 is 0. The first-order chi connectivity index (χ1) is 13.9. The van der Waals surface area contributed by atoms with E-state index < -0.39 is 0 Å². The Labute approximate surface area is 174 Å². The van der Waals surface area contributed by atoms with Gasteiger partial charge in [-0.05, 0) is 29.5 Å². The first-order valence-electron chi connectivity index (χ1n) is 11.7. The number of hydrogen-bond donors (Lipinski definition) is 0. The molecule has 0 saturated heterocycles. The fraction of sp³-hybridized carbons (Fsp3) is 0.500. The molecule has 0 fully saturated rings. The monoisotopic (exact) mass is 376 g/mol. The van der Waals surface area contributed by atoms with E-state index in [1.54, 1.807) is 0 Å². The van der Waals surface area contributed by atoms with Crippen LogP contribution >= 0.6 is 0 Å². The van der Waals surface area contributed by atoms with Gasteiger partial charge in [-0.3, -0.25) is 0 Å². The summed E-state index contributed by atoms with van der Waals surface area (Å²) in [5.74, 6) is 0. The number of rotatable bonds is 15. The van der Waals surface area contributed by atoms with Crippen LogP contribution in [-0.2, 0) is 0 Å². The third kappa shape index (κ3) is 9.40. The summed E-state index contributed by atoms with van der Waals surface area (Å²) in [4.78, 5) is 0. The maximum Gasteiger partial charge on any atom is -0.0151 e. The summed E-state index contributed by atoms with van der Waals surface area (Å²) in [7, 11) is 0. The molecule has 0 radical (unpaired) electrons. The van der Waals surface area contributed by atoms with Crippen molar-refractivity contribution in [3.63, 3.8) is 0 Å². The second-order valence-electron chi connectivity index (χ2n) is 8.03. The predicted octanol–water partition coefficient (Wildman–Crippen LogP) is 9.21. The van der Waals surface area contributed by atoms with Crippen molar-refractivity contribution >= 4 is 5.57 Å². The van der Waals surface area contributed by atoms with Crippen LogP contribution in [0.1, 0.15) is 102 Å². The molecule has 0 aliphatic carbocycles. The molecule has 0 unspecified atom stereocenters. The van der Waals surface area contributed by atoms with Gasteiger partial charge >= 0.3 is 0 Å². The van der Waals surface area contributed by atoms with Gasteiger partial charge in [0, 0.05) is 0 Å². The summed E-state index contributed by atoms with van der Waals surface area (Å²) in [6.45, 7) is 2.29. The lowest BCUT2D eigenvalue weighted by Crippen LogP contribution is -1.88. The third-order valence-corrected chi connectivity index (χ3v) is 5.58. The molecule has 0 atom stereocenters. The topological polar surface area (TPSA) is 0 Å². The Kier molecular flexibility index (Phi) is 12.2. The van der Waals surface area contributed by atoms with Crippen LogP contribution in [0.3, 0.4) is 0 Å². The first kappa shape index (κ1) is 22.5. The van der Waals surface area contributed by atoms with Crippen molar-refractivity contribution in [3.05, 3.63) is 77.9 Å². The average molecular weight is 377 g/mol. The zero-order valence-corrected chi connectivity index (χ0v) is 18.0. The summed E-state index contributed by atoms with van der Waals surface area (Å²) in [6, 6.07) is 21.6. The molecular formula is C28H40. The van der Waals surface area contributed by atoms with E-state index in [4.69, 9.17) is 0 Å². The molecule has 0 aliphatic rings. The normalized spacial score (nSPS) is 10.8. The van der Waals surface area contributed by atoms with Crippen LogP contribution in [0.2, 0.25) is 0 Å². The lowest BCUT2D eigenvalue weighted by atomic mass is 9.96. The Balaban J connectivity index is 1.62. The highest BCUT2D eigenvalue weighted by Gasteiger charge is 2.03. The smallest absolute Gasteiger partial charge is 0.0151 e. The molecular weight excluding hydrogens is 336 g/mol. The molecule has 2 aromatic rings. The van der Waals surface area contributed by atoms with Crippen molar-refractivity contribution < 1.29 is 0 Å². The number of unbranched alkanes of at least 4 members (excludes halogenated alkanes) is 12. The van der Waals surface area contributed by atoms with Gasteiger partial charge in [0.2, 0.25) is 0 Å². The molecule has 0 amide bonds. The van der Waals surface area contributed by atoms with E-state index in [1.165, 1.54) is 100 Å². The van der Waals surface area contributed by atoms with Gasteiger partial charge in [-0.2, -0.15) is 0 Å². The number of benzene rings is 2. The molecule has 0 nitrogen and oxygen atoms in total. The third-order valence-electron chi connectivity index (χ3n) is 5.58. The molecule has 2 rings (SSSR count). The minimum absolute atomic E-state index is 1.18. The summed E-state index contributed by atoms with van der Waals surface area (Å²) in [6.07, 6.45) is 20.6. The molecule has 2 aromatic carbocycles. The summed E-state index contributed by atoms with van der Waals surface area (Å²) < 4.78 is 0. The minimum Gasteiger partial charge on any atom is -0.0761 e. The summed E-state index contributed by atoms with van der Waals surface area (Å²) in [5, 5.41) is 0. The SMILES string of the molecule is CCCCCCCCCCCCCCC=C(c1ccccc1)c1ccccc1. The van der Waals surface area contributed by atoms with E-state index in [1.807, 2.05) is 0 Å².